The van der Waals surface area contributed by atoms with Gasteiger partial charge in [0.15, 0.2) is 0 Å². The Morgan fingerprint density at radius 3 is 0.800 bits per heavy atom. The zero-order valence-electron chi connectivity index (χ0n) is 5.40. The third kappa shape index (κ3) is 139. The molecule has 0 radical (unpaired) electrons. The molecule has 2 nitrogen and oxygen atoms in total. The summed E-state index contributed by atoms with van der Waals surface area (Å²) in [6, 6.07) is 0. The SMILES string of the molecule is CB(O)O.[Cl-].[Cl-].[Cl-].[Cl-].[Mg+2].[Mg+2]. The van der Waals surface area contributed by atoms with Gasteiger partial charge in [0.1, 0.15) is 0 Å². The van der Waals surface area contributed by atoms with E-state index in [1.807, 2.05) is 0 Å². The van der Waals surface area contributed by atoms with Gasteiger partial charge in [-0.1, -0.05) is 0 Å². The standard InChI is InChI=1S/CH5BO2.4ClH.2Mg/c1-2(3)4;;;;;;/h3-4H,1H3;4*1H;;/q;;;;;2*+2/p-4. The molecule has 0 aromatic carbocycles. The molecule has 0 aliphatic heterocycles. The van der Waals surface area contributed by atoms with Gasteiger partial charge in [-0.05, 0) is 6.82 Å². The molecule has 0 aromatic heterocycles. The quantitative estimate of drug-likeness (QED) is 0.419. The van der Waals surface area contributed by atoms with Crippen LogP contribution >= 0.6 is 0 Å². The smallest absolute Gasteiger partial charge is 1.00 e. The molecule has 0 spiro atoms. The molecular formula is CH5BCl4Mg2O2. The Hall–Kier alpha value is 2.68. The molecule has 0 rings (SSSR count). The van der Waals surface area contributed by atoms with Gasteiger partial charge in [-0.15, -0.1) is 0 Å². The van der Waals surface area contributed by atoms with Crippen LogP contribution in [0, 0.1) is 0 Å². The van der Waals surface area contributed by atoms with Crippen molar-refractivity contribution in [2.75, 3.05) is 0 Å². The normalized spacial score (nSPS) is 2.70. The number of rotatable bonds is 0. The van der Waals surface area contributed by atoms with Crippen molar-refractivity contribution in [1.82, 2.24) is 0 Å². The van der Waals surface area contributed by atoms with Gasteiger partial charge in [0, 0.05) is 0 Å². The van der Waals surface area contributed by atoms with Crippen LogP contribution in [0.25, 0.3) is 0 Å². The second-order valence-electron chi connectivity index (χ2n) is 0.632. The van der Waals surface area contributed by atoms with Gasteiger partial charge in [-0.25, -0.2) is 0 Å². The Morgan fingerprint density at radius 2 is 0.800 bits per heavy atom. The van der Waals surface area contributed by atoms with Crippen molar-refractivity contribution in [2.24, 2.45) is 0 Å². The molecule has 56 valence electrons. The molecule has 10 heavy (non-hydrogen) atoms. The van der Waals surface area contributed by atoms with Crippen molar-refractivity contribution in [3.8, 4) is 0 Å². The summed E-state index contributed by atoms with van der Waals surface area (Å²) in [5.74, 6) is 0. The first-order valence-corrected chi connectivity index (χ1v) is 1.09. The fourth-order valence-electron chi connectivity index (χ4n) is 0. The zero-order chi connectivity index (χ0) is 3.58. The van der Waals surface area contributed by atoms with Crippen molar-refractivity contribution >= 4 is 53.2 Å². The molecule has 0 aliphatic carbocycles. The summed E-state index contributed by atoms with van der Waals surface area (Å²) >= 11 is 0. The van der Waals surface area contributed by atoms with Crippen LogP contribution in [0.15, 0.2) is 0 Å². The molecule has 0 saturated heterocycles. The monoisotopic (exact) mass is 248 g/mol. The van der Waals surface area contributed by atoms with Crippen LogP contribution in [0.1, 0.15) is 0 Å². The molecule has 2 N–H and O–H groups in total. The summed E-state index contributed by atoms with van der Waals surface area (Å²) in [6.45, 7) is 1.28. The average Bonchev–Trinajstić information content (AvgIpc) is 0.811. The largest absolute Gasteiger partial charge is 2.00 e. The van der Waals surface area contributed by atoms with E-state index in [0.29, 0.717) is 0 Å². The van der Waals surface area contributed by atoms with Crippen LogP contribution < -0.4 is 49.6 Å². The summed E-state index contributed by atoms with van der Waals surface area (Å²) in [4.78, 5) is 0. The summed E-state index contributed by atoms with van der Waals surface area (Å²) in [5, 5.41) is 15.2. The van der Waals surface area contributed by atoms with E-state index in [0.717, 1.165) is 0 Å². The number of hydrogen-bond acceptors (Lipinski definition) is 2. The molecule has 0 amide bonds. The van der Waals surface area contributed by atoms with Gasteiger partial charge in [0.25, 0.3) is 0 Å². The molecule has 0 atom stereocenters. The fraction of sp³-hybridized carbons (Fsp3) is 1.00. The fourth-order valence-corrected chi connectivity index (χ4v) is 0. The molecule has 0 heterocycles. The number of halogens is 4. The third-order valence-corrected chi connectivity index (χ3v) is 0. The van der Waals surface area contributed by atoms with Crippen molar-refractivity contribution < 1.29 is 59.7 Å². The first-order valence-electron chi connectivity index (χ1n) is 1.09. The van der Waals surface area contributed by atoms with E-state index in [1.165, 1.54) is 6.82 Å². The van der Waals surface area contributed by atoms with Gasteiger partial charge in [-0.2, -0.15) is 0 Å². The Balaban J connectivity index is -0.00000000300. The van der Waals surface area contributed by atoms with Crippen LogP contribution in [0.2, 0.25) is 6.82 Å². The van der Waals surface area contributed by atoms with Crippen LogP contribution in [0.3, 0.4) is 0 Å². The topological polar surface area (TPSA) is 40.5 Å². The maximum absolute atomic E-state index is 7.61. The number of hydrogen-bond donors (Lipinski definition) is 2. The molecule has 0 aromatic rings. The molecular weight excluding hydrogens is 245 g/mol. The Bertz CT molecular complexity index is 26.0. The van der Waals surface area contributed by atoms with Crippen molar-refractivity contribution in [3.05, 3.63) is 0 Å². The molecule has 0 fully saturated rings. The molecule has 9 heteroatoms. The van der Waals surface area contributed by atoms with Crippen LogP contribution in [0.4, 0.5) is 0 Å². The molecule has 0 bridgehead atoms. The third-order valence-electron chi connectivity index (χ3n) is 0. The minimum atomic E-state index is -1.17. The van der Waals surface area contributed by atoms with Gasteiger partial charge < -0.3 is 59.7 Å². The molecule has 0 aliphatic rings. The predicted molar refractivity (Wildman–Crippen MR) is 27.6 cm³/mol. The van der Waals surface area contributed by atoms with Crippen molar-refractivity contribution in [1.29, 1.82) is 0 Å². The van der Waals surface area contributed by atoms with Gasteiger partial charge in [-0.3, -0.25) is 0 Å². The maximum Gasteiger partial charge on any atom is 2.00 e. The first-order chi connectivity index (χ1) is 1.73. The van der Waals surface area contributed by atoms with E-state index >= 15 is 0 Å². The van der Waals surface area contributed by atoms with E-state index in [1.54, 1.807) is 0 Å². The van der Waals surface area contributed by atoms with Crippen LogP contribution in [-0.2, 0) is 0 Å². The van der Waals surface area contributed by atoms with E-state index in [4.69, 9.17) is 10.0 Å². The van der Waals surface area contributed by atoms with Gasteiger partial charge >= 0.3 is 53.2 Å². The van der Waals surface area contributed by atoms with E-state index in [2.05, 4.69) is 0 Å². The second-order valence-corrected chi connectivity index (χ2v) is 0.632. The minimum absolute atomic E-state index is 0. The maximum atomic E-state index is 7.61. The summed E-state index contributed by atoms with van der Waals surface area (Å²) in [6.07, 6.45) is 0. The Kier molecular flexibility index (Phi) is 222. The minimum Gasteiger partial charge on any atom is -1.00 e. The van der Waals surface area contributed by atoms with E-state index in [-0.39, 0.29) is 95.7 Å². The summed E-state index contributed by atoms with van der Waals surface area (Å²) in [7, 11) is -1.17. The van der Waals surface area contributed by atoms with Crippen molar-refractivity contribution in [2.45, 2.75) is 6.82 Å². The van der Waals surface area contributed by atoms with Crippen LogP contribution in [-0.4, -0.2) is 63.3 Å². The average molecular weight is 250 g/mol. The summed E-state index contributed by atoms with van der Waals surface area (Å²) < 4.78 is 0. The van der Waals surface area contributed by atoms with E-state index < -0.39 is 7.12 Å². The molecule has 0 unspecified atom stereocenters. The summed E-state index contributed by atoms with van der Waals surface area (Å²) in [5.41, 5.74) is 0. The zero-order valence-corrected chi connectivity index (χ0v) is 11.2. The van der Waals surface area contributed by atoms with Crippen LogP contribution in [0.5, 0.6) is 0 Å². The Labute approximate surface area is 118 Å². The molecule has 0 saturated carbocycles. The second kappa shape index (κ2) is 41.3. The van der Waals surface area contributed by atoms with E-state index in [9.17, 15) is 0 Å². The first kappa shape index (κ1) is 53.6. The Morgan fingerprint density at radius 1 is 0.800 bits per heavy atom. The van der Waals surface area contributed by atoms with Gasteiger partial charge in [0.2, 0.25) is 0 Å². The van der Waals surface area contributed by atoms with Crippen molar-refractivity contribution in [3.63, 3.8) is 0 Å². The van der Waals surface area contributed by atoms with Gasteiger partial charge in [0.05, 0.1) is 0 Å². The predicted octanol–water partition coefficient (Wildman–Crippen LogP) is -13.7.